The Morgan fingerprint density at radius 2 is 1.29 bits per heavy atom. The summed E-state index contributed by atoms with van der Waals surface area (Å²) in [6.45, 7) is 3.24. The molecule has 11 atom stereocenters. The molecular weight excluding hydrogens is 889 g/mol. The Kier molecular flexibility index (Phi) is 16.8. The summed E-state index contributed by atoms with van der Waals surface area (Å²) in [5, 5.41) is 54.6. The monoisotopic (exact) mass is 946 g/mol. The van der Waals surface area contributed by atoms with E-state index in [0.717, 1.165) is 12.4 Å². The molecule has 1 aromatic heterocycles. The van der Waals surface area contributed by atoms with Crippen LogP contribution in [-0.2, 0) is 60.7 Å². The minimum absolute atomic E-state index is 0.0300. The molecule has 3 aromatic rings. The molecule has 0 unspecified atom stereocenters. The number of fused-ring (bicyclic) bond motifs is 6. The molecule has 0 aliphatic carbocycles. The lowest BCUT2D eigenvalue weighted by Crippen LogP contribution is -2.68. The van der Waals surface area contributed by atoms with Crippen LogP contribution >= 0.6 is 0 Å². The molecule has 3 fully saturated rings. The van der Waals surface area contributed by atoms with E-state index in [2.05, 4.69) is 52.8 Å². The van der Waals surface area contributed by atoms with Gasteiger partial charge in [-0.25, -0.2) is 0 Å². The van der Waals surface area contributed by atoms with Crippen LogP contribution in [0.5, 0.6) is 0 Å². The largest absolute Gasteiger partial charge is 0.394 e. The molecule has 0 radical (unpaired) electrons. The first-order valence-electron chi connectivity index (χ1n) is 22.3. The number of nitrogens with one attached hydrogen (secondary N) is 10. The summed E-state index contributed by atoms with van der Waals surface area (Å²) in [7, 11) is 0. The van der Waals surface area contributed by atoms with E-state index in [1.165, 1.54) is 0 Å². The van der Waals surface area contributed by atoms with E-state index >= 15 is 0 Å². The van der Waals surface area contributed by atoms with Crippen molar-refractivity contribution in [3.8, 4) is 0 Å². The fourth-order valence-corrected chi connectivity index (χ4v) is 8.27. The second kappa shape index (κ2) is 22.7. The van der Waals surface area contributed by atoms with Crippen molar-refractivity contribution >= 4 is 64.1 Å². The third-order valence-electron chi connectivity index (χ3n) is 11.8. The number of rotatable bonds is 11. The Bertz CT molecular complexity index is 2360. The number of aliphatic hydroxyl groups is 3. The molecule has 9 amide bonds. The van der Waals surface area contributed by atoms with Gasteiger partial charge in [-0.3, -0.25) is 43.2 Å². The van der Waals surface area contributed by atoms with E-state index in [0.29, 0.717) is 16.5 Å². The van der Waals surface area contributed by atoms with E-state index < -0.39 is 146 Å². The molecule has 2 aromatic carbocycles. The maximum absolute atomic E-state index is 14.5. The Morgan fingerprint density at radius 1 is 0.706 bits per heavy atom. The third kappa shape index (κ3) is 12.9. The van der Waals surface area contributed by atoms with Crippen LogP contribution in [0.4, 0.5) is 0 Å². The number of hydrogen-bond donors (Lipinski definition) is 13. The van der Waals surface area contributed by atoms with Crippen molar-refractivity contribution in [2.75, 3.05) is 13.2 Å². The van der Waals surface area contributed by atoms with E-state index in [1.54, 1.807) is 74.6 Å². The SMILES string of the molecule is CC(=O)N[C@@H]1[C@@H](O)[C@H](O)[C@@H](CO)O[C@H]1NC(=O)C[C@@H]1NC(=O)[C@H](CC(C)C)NC(=O)[C@@H]2CNC(=O)C[C@H](NC1=O)C(=O)N[C@@H](Cc1c[nH]c3ccccc13)C(=O)N[C@@H](Cc1ccccc1)C(=O)N2. The summed E-state index contributed by atoms with van der Waals surface area (Å²) in [5.41, 5.74) is 1.94. The number of carbonyl (C=O) groups excluding carboxylic acids is 9. The van der Waals surface area contributed by atoms with Gasteiger partial charge in [0.05, 0.1) is 19.4 Å². The number of amides is 9. The van der Waals surface area contributed by atoms with Crippen LogP contribution < -0.4 is 47.9 Å². The lowest BCUT2D eigenvalue weighted by atomic mass is 9.95. The first kappa shape index (κ1) is 50.5. The van der Waals surface area contributed by atoms with Gasteiger partial charge < -0.3 is 72.9 Å². The van der Waals surface area contributed by atoms with Gasteiger partial charge in [0.25, 0.3) is 0 Å². The van der Waals surface area contributed by atoms with E-state index in [-0.39, 0.29) is 25.2 Å². The number of carbonyl (C=O) groups is 9. The van der Waals surface area contributed by atoms with Crippen LogP contribution in [0.25, 0.3) is 10.9 Å². The predicted molar refractivity (Wildman–Crippen MR) is 239 cm³/mol. The lowest BCUT2D eigenvalue weighted by Gasteiger charge is -2.42. The molecule has 3 aliphatic rings. The summed E-state index contributed by atoms with van der Waals surface area (Å²) in [4.78, 5) is 129. The van der Waals surface area contributed by atoms with E-state index in [1.807, 2.05) is 0 Å². The second-order valence-corrected chi connectivity index (χ2v) is 17.5. The average Bonchev–Trinajstić information content (AvgIpc) is 3.70. The van der Waals surface area contributed by atoms with Gasteiger partial charge in [-0.2, -0.15) is 0 Å². The number of H-pyrrole nitrogens is 1. The molecule has 0 spiro atoms. The number of aromatic nitrogens is 1. The van der Waals surface area contributed by atoms with Crippen molar-refractivity contribution in [3.63, 3.8) is 0 Å². The number of hydrogen-bond acceptors (Lipinski definition) is 13. The van der Waals surface area contributed by atoms with E-state index in [9.17, 15) is 58.5 Å². The molecule has 366 valence electrons. The minimum Gasteiger partial charge on any atom is -0.394 e. The lowest BCUT2D eigenvalue weighted by molar-refractivity contribution is -0.203. The molecule has 23 heteroatoms. The van der Waals surface area contributed by atoms with Crippen molar-refractivity contribution in [2.24, 2.45) is 5.92 Å². The first-order chi connectivity index (χ1) is 32.4. The maximum atomic E-state index is 14.5. The summed E-state index contributed by atoms with van der Waals surface area (Å²) in [6.07, 6.45) is -6.75. The number of aromatic amines is 1. The van der Waals surface area contributed by atoms with Crippen molar-refractivity contribution in [1.29, 1.82) is 0 Å². The highest BCUT2D eigenvalue weighted by atomic mass is 16.5. The zero-order valence-electron chi connectivity index (χ0n) is 37.6. The smallest absolute Gasteiger partial charge is 0.245 e. The minimum atomic E-state index is -1.86. The van der Waals surface area contributed by atoms with Crippen LogP contribution in [0.2, 0.25) is 0 Å². The number of aliphatic hydroxyl groups excluding tert-OH is 3. The second-order valence-electron chi connectivity index (χ2n) is 17.5. The Hall–Kier alpha value is -6.95. The highest BCUT2D eigenvalue weighted by Crippen LogP contribution is 2.22. The molecule has 6 rings (SSSR count). The van der Waals surface area contributed by atoms with Gasteiger partial charge >= 0.3 is 0 Å². The van der Waals surface area contributed by atoms with Gasteiger partial charge in [-0.1, -0.05) is 62.4 Å². The molecule has 2 bridgehead atoms. The van der Waals surface area contributed by atoms with Crippen molar-refractivity contribution in [1.82, 2.24) is 52.8 Å². The first-order valence-corrected chi connectivity index (χ1v) is 22.3. The van der Waals surface area contributed by atoms with Crippen LogP contribution in [-0.4, -0.2) is 153 Å². The van der Waals surface area contributed by atoms with Crippen molar-refractivity contribution < 1.29 is 63.2 Å². The van der Waals surface area contributed by atoms with Gasteiger partial charge in [-0.15, -0.1) is 0 Å². The number of para-hydroxylation sites is 1. The van der Waals surface area contributed by atoms with Gasteiger partial charge in [-0.05, 0) is 29.5 Å². The molecule has 3 saturated heterocycles. The molecule has 23 nitrogen and oxygen atoms in total. The van der Waals surface area contributed by atoms with E-state index in [4.69, 9.17) is 4.74 Å². The Morgan fingerprint density at radius 3 is 2.00 bits per heavy atom. The van der Waals surface area contributed by atoms with Gasteiger partial charge in [0.1, 0.15) is 60.6 Å². The Labute approximate surface area is 390 Å². The highest BCUT2D eigenvalue weighted by Gasteiger charge is 2.46. The molecule has 4 heterocycles. The fraction of sp³-hybridized carbons (Fsp3) is 0.489. The predicted octanol–water partition coefficient (Wildman–Crippen LogP) is -4.11. The van der Waals surface area contributed by atoms with Gasteiger partial charge in [0.2, 0.25) is 53.2 Å². The number of benzene rings is 2. The molecule has 68 heavy (non-hydrogen) atoms. The van der Waals surface area contributed by atoms with Crippen LogP contribution in [0.1, 0.15) is 51.2 Å². The molecule has 3 aliphatic heterocycles. The summed E-state index contributed by atoms with van der Waals surface area (Å²) in [5.74, 6) is -8.61. The van der Waals surface area contributed by atoms with Gasteiger partial charge in [0.15, 0.2) is 6.23 Å². The van der Waals surface area contributed by atoms with Crippen LogP contribution in [0.3, 0.4) is 0 Å². The third-order valence-corrected chi connectivity index (χ3v) is 11.8. The molecule has 13 N–H and O–H groups in total. The standard InChI is InChI=1S/C45H58N10O13/c1-21(2)13-27-39(62)53-31(17-35(59)55-45-36(48-22(3)57)38(61)37(60)33(20-56)68-45)43(66)52-30-16-34(58)47-19-32(44(67)49-27)54-40(63)28(14-23-9-5-4-6-10-23)50-41(64)29(51-42(30)65)15-24-18-46-26-12-8-7-11-25(24)26/h4-12,18,21,27-33,36-38,45-46,56,60-61H,13-17,19-20H2,1-3H3,(H,47,58)(H,48,57)(H,49,67)(H,50,64)(H,51,65)(H,52,66)(H,53,62)(H,54,63)(H,55,59)/t27-,28-,29-,30-,31-,32-,33+,36+,37+,38+,45+/m0/s1. The summed E-state index contributed by atoms with van der Waals surface area (Å²) < 4.78 is 5.60. The van der Waals surface area contributed by atoms with Crippen molar-refractivity contribution in [3.05, 3.63) is 71.9 Å². The Balaban J connectivity index is 1.38. The highest BCUT2D eigenvalue weighted by molar-refractivity contribution is 6.01. The quantitative estimate of drug-likeness (QED) is 0.0871. The van der Waals surface area contributed by atoms with Crippen molar-refractivity contribution in [2.45, 2.75) is 120 Å². The summed E-state index contributed by atoms with van der Waals surface area (Å²) >= 11 is 0. The molecular formula is C45H58N10O13. The average molecular weight is 947 g/mol. The van der Waals surface area contributed by atoms with Crippen LogP contribution in [0, 0.1) is 5.92 Å². The zero-order valence-corrected chi connectivity index (χ0v) is 37.6. The zero-order chi connectivity index (χ0) is 49.2. The topological polar surface area (TPSA) is 348 Å². The summed E-state index contributed by atoms with van der Waals surface area (Å²) in [6, 6.07) is 5.03. The number of ether oxygens (including phenoxy) is 1. The normalized spacial score (nSPS) is 28.8. The molecule has 0 saturated carbocycles. The van der Waals surface area contributed by atoms with Gasteiger partial charge in [0, 0.05) is 43.4 Å². The fourth-order valence-electron chi connectivity index (χ4n) is 8.27. The van der Waals surface area contributed by atoms with Crippen LogP contribution in [0.15, 0.2) is 60.8 Å². The maximum Gasteiger partial charge on any atom is 0.245 e.